The first-order chi connectivity index (χ1) is 8.82. The molecule has 0 amide bonds. The Balaban J connectivity index is 2.52. The Bertz CT molecular complexity index is 430. The molecule has 1 saturated carbocycles. The second-order valence-corrected chi connectivity index (χ2v) is 7.89. The highest BCUT2D eigenvalue weighted by molar-refractivity contribution is 7.90. The monoisotopic (exact) mass is 287 g/mol. The molecule has 1 N–H and O–H groups in total. The summed E-state index contributed by atoms with van der Waals surface area (Å²) in [6.45, 7) is 3.48. The molecule has 1 fully saturated rings. The molecule has 5 nitrogen and oxygen atoms in total. The fraction of sp³-hybridized carbons (Fsp3) is 0.923. The van der Waals surface area contributed by atoms with Gasteiger partial charge in [-0.25, -0.2) is 8.42 Å². The Morgan fingerprint density at radius 3 is 2.74 bits per heavy atom. The molecule has 1 aliphatic rings. The zero-order valence-electron chi connectivity index (χ0n) is 12.1. The quantitative estimate of drug-likeness (QED) is 0.749. The molecule has 0 heterocycles. The van der Waals surface area contributed by atoms with Crippen LogP contribution in [0.3, 0.4) is 0 Å². The van der Waals surface area contributed by atoms with Crippen LogP contribution in [0.4, 0.5) is 0 Å². The van der Waals surface area contributed by atoms with Crippen molar-refractivity contribution in [2.24, 2.45) is 0 Å². The van der Waals surface area contributed by atoms with E-state index in [1.54, 1.807) is 0 Å². The normalized spacial score (nSPS) is 27.6. The fourth-order valence-corrected chi connectivity index (χ4v) is 3.17. The summed E-state index contributed by atoms with van der Waals surface area (Å²) in [5.74, 6) is 0.182. The van der Waals surface area contributed by atoms with E-state index in [4.69, 9.17) is 0 Å². The topological polar surface area (TPSA) is 73.2 Å². The average Bonchev–Trinajstić information content (AvgIpc) is 2.78. The van der Waals surface area contributed by atoms with Gasteiger partial charge < -0.3 is 4.90 Å². The van der Waals surface area contributed by atoms with Crippen molar-refractivity contribution >= 4 is 9.84 Å². The van der Waals surface area contributed by atoms with Crippen LogP contribution in [0.1, 0.15) is 32.6 Å². The van der Waals surface area contributed by atoms with Gasteiger partial charge in [0.25, 0.3) is 0 Å². The molecule has 2 atom stereocenters. The van der Waals surface area contributed by atoms with E-state index >= 15 is 0 Å². The molecule has 2 unspecified atom stereocenters. The van der Waals surface area contributed by atoms with Crippen molar-refractivity contribution in [1.82, 2.24) is 10.2 Å². The summed E-state index contributed by atoms with van der Waals surface area (Å²) < 4.78 is 22.4. The smallest absolute Gasteiger partial charge is 0.148 e. The zero-order chi connectivity index (χ0) is 14.5. The van der Waals surface area contributed by atoms with E-state index < -0.39 is 15.4 Å². The molecule has 1 rings (SSSR count). The Morgan fingerprint density at radius 2 is 2.21 bits per heavy atom. The number of sulfone groups is 1. The lowest BCUT2D eigenvalue weighted by molar-refractivity contribution is 0.248. The minimum atomic E-state index is -2.92. The number of rotatable bonds is 7. The molecule has 0 bridgehead atoms. The van der Waals surface area contributed by atoms with Crippen LogP contribution in [-0.4, -0.2) is 57.0 Å². The standard InChI is InChI=1S/C13H25N3O2S/c1-4-7-15-13(11-14)6-5-12(10-13)16(2)8-9-19(3,17)18/h12,15H,4-10H2,1-3H3. The van der Waals surface area contributed by atoms with Gasteiger partial charge in [-0.05, 0) is 39.3 Å². The third-order valence-electron chi connectivity index (χ3n) is 3.85. The van der Waals surface area contributed by atoms with Crippen LogP contribution in [0.5, 0.6) is 0 Å². The van der Waals surface area contributed by atoms with Crippen LogP contribution in [0.25, 0.3) is 0 Å². The number of hydrogen-bond acceptors (Lipinski definition) is 5. The van der Waals surface area contributed by atoms with Crippen LogP contribution in [-0.2, 0) is 9.84 Å². The van der Waals surface area contributed by atoms with Crippen molar-refractivity contribution in [3.63, 3.8) is 0 Å². The molecule has 0 radical (unpaired) electrons. The third kappa shape index (κ3) is 5.09. The molecule has 6 heteroatoms. The second kappa shape index (κ2) is 6.69. The molecule has 1 aliphatic carbocycles. The summed E-state index contributed by atoms with van der Waals surface area (Å²) in [4.78, 5) is 2.08. The summed E-state index contributed by atoms with van der Waals surface area (Å²) in [6, 6.07) is 2.71. The van der Waals surface area contributed by atoms with E-state index in [2.05, 4.69) is 23.2 Å². The predicted molar refractivity (Wildman–Crippen MR) is 76.6 cm³/mol. The zero-order valence-corrected chi connectivity index (χ0v) is 13.0. The highest BCUT2D eigenvalue weighted by Gasteiger charge is 2.40. The van der Waals surface area contributed by atoms with E-state index in [9.17, 15) is 13.7 Å². The highest BCUT2D eigenvalue weighted by Crippen LogP contribution is 2.32. The molecular formula is C13H25N3O2S. The second-order valence-electron chi connectivity index (χ2n) is 5.63. The van der Waals surface area contributed by atoms with Crippen molar-refractivity contribution in [3.05, 3.63) is 0 Å². The number of nitrogens with one attached hydrogen (secondary N) is 1. The highest BCUT2D eigenvalue weighted by atomic mass is 32.2. The van der Waals surface area contributed by atoms with Gasteiger partial charge in [0.05, 0.1) is 11.8 Å². The maximum atomic E-state index is 11.2. The van der Waals surface area contributed by atoms with Gasteiger partial charge in [0.15, 0.2) is 0 Å². The van der Waals surface area contributed by atoms with Gasteiger partial charge in [0, 0.05) is 18.8 Å². The summed E-state index contributed by atoms with van der Waals surface area (Å²) in [5, 5.41) is 12.7. The minimum Gasteiger partial charge on any atom is -0.302 e. The molecule has 0 spiro atoms. The lowest BCUT2D eigenvalue weighted by Gasteiger charge is -2.26. The first-order valence-electron chi connectivity index (χ1n) is 6.86. The van der Waals surface area contributed by atoms with Crippen LogP contribution < -0.4 is 5.32 Å². The van der Waals surface area contributed by atoms with Crippen molar-refractivity contribution in [2.45, 2.75) is 44.2 Å². The van der Waals surface area contributed by atoms with Gasteiger partial charge in [-0.3, -0.25) is 5.32 Å². The molecular weight excluding hydrogens is 262 g/mol. The average molecular weight is 287 g/mol. The van der Waals surface area contributed by atoms with Crippen LogP contribution in [0.15, 0.2) is 0 Å². The van der Waals surface area contributed by atoms with E-state index in [1.807, 2.05) is 7.05 Å². The maximum Gasteiger partial charge on any atom is 0.148 e. The first kappa shape index (κ1) is 16.4. The number of nitrogens with zero attached hydrogens (tertiary/aromatic N) is 2. The Kier molecular flexibility index (Phi) is 5.78. The van der Waals surface area contributed by atoms with Gasteiger partial charge >= 0.3 is 0 Å². The van der Waals surface area contributed by atoms with Crippen molar-refractivity contribution in [2.75, 3.05) is 32.1 Å². The van der Waals surface area contributed by atoms with E-state index in [0.717, 1.165) is 32.2 Å². The summed E-state index contributed by atoms with van der Waals surface area (Å²) in [5.41, 5.74) is -0.417. The molecule has 0 saturated heterocycles. The van der Waals surface area contributed by atoms with Gasteiger partial charge in [-0.2, -0.15) is 5.26 Å². The largest absolute Gasteiger partial charge is 0.302 e. The van der Waals surface area contributed by atoms with Gasteiger partial charge in [-0.1, -0.05) is 6.92 Å². The summed E-state index contributed by atoms with van der Waals surface area (Å²) >= 11 is 0. The van der Waals surface area contributed by atoms with Crippen molar-refractivity contribution in [1.29, 1.82) is 5.26 Å². The minimum absolute atomic E-state index is 0.182. The van der Waals surface area contributed by atoms with Crippen molar-refractivity contribution in [3.8, 4) is 6.07 Å². The summed E-state index contributed by atoms with van der Waals surface area (Å²) in [6.07, 6.45) is 4.85. The van der Waals surface area contributed by atoms with Crippen LogP contribution in [0, 0.1) is 11.3 Å². The lowest BCUT2D eigenvalue weighted by Crippen LogP contribution is -2.44. The third-order valence-corrected chi connectivity index (χ3v) is 4.78. The summed E-state index contributed by atoms with van der Waals surface area (Å²) in [7, 11) is -0.972. The van der Waals surface area contributed by atoms with Crippen molar-refractivity contribution < 1.29 is 8.42 Å². The van der Waals surface area contributed by atoms with E-state index in [1.165, 1.54) is 6.26 Å². The lowest BCUT2D eigenvalue weighted by atomic mass is 9.99. The molecule has 0 aromatic heterocycles. The SMILES string of the molecule is CCCNC1(C#N)CCC(N(C)CCS(C)(=O)=O)C1. The Morgan fingerprint density at radius 1 is 1.53 bits per heavy atom. The molecule has 110 valence electrons. The molecule has 0 aromatic rings. The number of hydrogen-bond donors (Lipinski definition) is 1. The maximum absolute atomic E-state index is 11.2. The van der Waals surface area contributed by atoms with Crippen LogP contribution in [0.2, 0.25) is 0 Å². The van der Waals surface area contributed by atoms with E-state index in [-0.39, 0.29) is 5.75 Å². The van der Waals surface area contributed by atoms with Crippen LogP contribution >= 0.6 is 0 Å². The Hall–Kier alpha value is -0.640. The van der Waals surface area contributed by atoms with Gasteiger partial charge in [-0.15, -0.1) is 0 Å². The molecule has 0 aromatic carbocycles. The predicted octanol–water partition coefficient (Wildman–Crippen LogP) is 0.777. The van der Waals surface area contributed by atoms with Gasteiger partial charge in [0.2, 0.25) is 0 Å². The molecule has 0 aliphatic heterocycles. The fourth-order valence-electron chi connectivity index (χ4n) is 2.55. The molecule has 19 heavy (non-hydrogen) atoms. The first-order valence-corrected chi connectivity index (χ1v) is 8.92. The Labute approximate surface area is 116 Å². The number of nitriles is 1. The van der Waals surface area contributed by atoms with Gasteiger partial charge in [0.1, 0.15) is 15.4 Å². The van der Waals surface area contributed by atoms with E-state index in [0.29, 0.717) is 12.6 Å².